The molecule has 0 aromatic carbocycles. The van der Waals surface area contributed by atoms with Gasteiger partial charge in [-0.05, 0) is 25.0 Å². The number of ether oxygens (including phenoxy) is 4. The molecule has 0 N–H and O–H groups in total. The van der Waals surface area contributed by atoms with E-state index < -0.39 is 0 Å². The van der Waals surface area contributed by atoms with E-state index in [0.717, 1.165) is 50.4 Å². The first-order valence-corrected chi connectivity index (χ1v) is 9.40. The molecular weight excluding hydrogens is 316 g/mol. The highest BCUT2D eigenvalue weighted by atomic mass is 16.6. The van der Waals surface area contributed by atoms with Gasteiger partial charge in [0.2, 0.25) is 0 Å². The van der Waals surface area contributed by atoms with E-state index in [1.54, 1.807) is 0 Å². The summed E-state index contributed by atoms with van der Waals surface area (Å²) >= 11 is 0. The van der Waals surface area contributed by atoms with Gasteiger partial charge in [-0.1, -0.05) is 37.1 Å². The quantitative estimate of drug-likeness (QED) is 0.623. The molecule has 0 aromatic rings. The van der Waals surface area contributed by atoms with Gasteiger partial charge in [0, 0.05) is 18.3 Å². The molecule has 4 rings (SSSR count). The van der Waals surface area contributed by atoms with Gasteiger partial charge in [0.05, 0.1) is 24.7 Å². The highest BCUT2D eigenvalue weighted by molar-refractivity contribution is 5.36. The standard InChI is InChI=1S/C21H28O4/c1-21(2,15-3-7-17(8-4-15)22-11-19-13-24-19)16-5-9-18(10-6-16)23-12-20-14-25-20/h3,5,7,9,19-20H,4,6,8,10-14H2,1-2H3. The van der Waals surface area contributed by atoms with E-state index in [1.165, 1.54) is 11.1 Å². The highest BCUT2D eigenvalue weighted by Crippen LogP contribution is 2.43. The number of hydrogen-bond donors (Lipinski definition) is 0. The van der Waals surface area contributed by atoms with Crippen molar-refractivity contribution >= 4 is 0 Å². The normalized spacial score (nSPS) is 28.4. The molecule has 4 heteroatoms. The van der Waals surface area contributed by atoms with E-state index in [-0.39, 0.29) is 5.41 Å². The van der Waals surface area contributed by atoms with E-state index >= 15 is 0 Å². The third-order valence-electron chi connectivity index (χ3n) is 5.54. The van der Waals surface area contributed by atoms with E-state index in [2.05, 4.69) is 38.2 Å². The molecule has 0 spiro atoms. The Balaban J connectivity index is 1.36. The van der Waals surface area contributed by atoms with Crippen LogP contribution in [0.15, 0.2) is 47.0 Å². The molecule has 136 valence electrons. The summed E-state index contributed by atoms with van der Waals surface area (Å²) in [5.41, 5.74) is 3.05. The predicted molar refractivity (Wildman–Crippen MR) is 96.0 cm³/mol. The van der Waals surface area contributed by atoms with Gasteiger partial charge in [0.1, 0.15) is 25.4 Å². The first-order valence-electron chi connectivity index (χ1n) is 9.40. The zero-order valence-corrected chi connectivity index (χ0v) is 15.3. The second-order valence-corrected chi connectivity index (χ2v) is 7.81. The van der Waals surface area contributed by atoms with Crippen molar-refractivity contribution in [3.63, 3.8) is 0 Å². The molecular formula is C21H28O4. The van der Waals surface area contributed by atoms with Crippen molar-refractivity contribution in [2.45, 2.75) is 51.7 Å². The smallest absolute Gasteiger partial charge is 0.116 e. The van der Waals surface area contributed by atoms with E-state index in [0.29, 0.717) is 25.4 Å². The molecule has 2 aliphatic carbocycles. The van der Waals surface area contributed by atoms with Gasteiger partial charge >= 0.3 is 0 Å². The SMILES string of the molecule is CC(C)(C1=CC=C(OCC2CO2)CC1)C1=CC=C(OCC2CO2)CC1. The van der Waals surface area contributed by atoms with Crippen LogP contribution in [0.3, 0.4) is 0 Å². The molecule has 0 amide bonds. The zero-order chi connectivity index (χ0) is 17.3. The average molecular weight is 344 g/mol. The van der Waals surface area contributed by atoms with Crippen LogP contribution in [-0.2, 0) is 18.9 Å². The van der Waals surface area contributed by atoms with Gasteiger partial charge in [-0.15, -0.1) is 0 Å². The summed E-state index contributed by atoms with van der Waals surface area (Å²) in [5.74, 6) is 2.18. The minimum Gasteiger partial charge on any atom is -0.495 e. The predicted octanol–water partition coefficient (Wildman–Crippen LogP) is 4.05. The van der Waals surface area contributed by atoms with Gasteiger partial charge in [0.25, 0.3) is 0 Å². The van der Waals surface area contributed by atoms with Crippen LogP contribution in [-0.4, -0.2) is 38.6 Å². The minimum absolute atomic E-state index is 0.0866. The van der Waals surface area contributed by atoms with Crippen molar-refractivity contribution in [3.8, 4) is 0 Å². The topological polar surface area (TPSA) is 43.5 Å². The van der Waals surface area contributed by atoms with Crippen LogP contribution < -0.4 is 0 Å². The Labute approximate surface area is 150 Å². The van der Waals surface area contributed by atoms with Crippen LogP contribution >= 0.6 is 0 Å². The van der Waals surface area contributed by atoms with E-state index in [4.69, 9.17) is 18.9 Å². The van der Waals surface area contributed by atoms with Crippen molar-refractivity contribution in [2.24, 2.45) is 5.41 Å². The molecule has 25 heavy (non-hydrogen) atoms. The van der Waals surface area contributed by atoms with E-state index in [1.807, 2.05) is 0 Å². The Morgan fingerprint density at radius 3 is 1.56 bits per heavy atom. The second-order valence-electron chi connectivity index (χ2n) is 7.81. The molecule has 2 fully saturated rings. The third kappa shape index (κ3) is 4.36. The largest absolute Gasteiger partial charge is 0.495 e. The van der Waals surface area contributed by atoms with Crippen molar-refractivity contribution in [1.29, 1.82) is 0 Å². The summed E-state index contributed by atoms with van der Waals surface area (Å²) in [7, 11) is 0. The van der Waals surface area contributed by atoms with Crippen molar-refractivity contribution < 1.29 is 18.9 Å². The number of epoxide rings is 2. The zero-order valence-electron chi connectivity index (χ0n) is 15.3. The Bertz CT molecular complexity index is 576. The van der Waals surface area contributed by atoms with Gasteiger partial charge in [-0.25, -0.2) is 0 Å². The molecule has 2 aliphatic heterocycles. The van der Waals surface area contributed by atoms with Gasteiger partial charge in [0.15, 0.2) is 0 Å². The lowest BCUT2D eigenvalue weighted by atomic mass is 9.71. The Morgan fingerprint density at radius 2 is 1.24 bits per heavy atom. The molecule has 2 saturated heterocycles. The molecule has 0 saturated carbocycles. The summed E-state index contributed by atoms with van der Waals surface area (Å²) in [6, 6.07) is 0. The van der Waals surface area contributed by atoms with Crippen LogP contribution in [0.4, 0.5) is 0 Å². The molecule has 4 nitrogen and oxygen atoms in total. The average Bonchev–Trinajstić information content (AvgIpc) is 3.54. The van der Waals surface area contributed by atoms with Crippen LogP contribution in [0.5, 0.6) is 0 Å². The Kier molecular flexibility index (Phi) is 4.74. The van der Waals surface area contributed by atoms with Crippen molar-refractivity contribution in [3.05, 3.63) is 47.0 Å². The van der Waals surface area contributed by atoms with Crippen LogP contribution in [0.2, 0.25) is 0 Å². The van der Waals surface area contributed by atoms with Crippen LogP contribution in [0.1, 0.15) is 39.5 Å². The minimum atomic E-state index is 0.0866. The Morgan fingerprint density at radius 1 is 0.800 bits per heavy atom. The molecule has 2 atom stereocenters. The molecule has 4 aliphatic rings. The molecule has 0 radical (unpaired) electrons. The first kappa shape index (κ1) is 16.9. The molecule has 2 unspecified atom stereocenters. The second kappa shape index (κ2) is 7.00. The number of hydrogen-bond acceptors (Lipinski definition) is 4. The fourth-order valence-corrected chi connectivity index (χ4v) is 3.45. The number of rotatable bonds is 8. The summed E-state index contributed by atoms with van der Waals surface area (Å²) in [4.78, 5) is 0. The number of allylic oxidation sites excluding steroid dienone is 8. The monoisotopic (exact) mass is 344 g/mol. The maximum Gasteiger partial charge on any atom is 0.116 e. The lowest BCUT2D eigenvalue weighted by Crippen LogP contribution is -2.21. The summed E-state index contributed by atoms with van der Waals surface area (Å²) < 4.78 is 22.0. The summed E-state index contributed by atoms with van der Waals surface area (Å²) in [6.45, 7) is 7.76. The van der Waals surface area contributed by atoms with Crippen LogP contribution in [0, 0.1) is 5.41 Å². The molecule has 0 aromatic heterocycles. The molecule has 2 heterocycles. The third-order valence-corrected chi connectivity index (χ3v) is 5.54. The highest BCUT2D eigenvalue weighted by Gasteiger charge is 2.31. The summed E-state index contributed by atoms with van der Waals surface area (Å²) in [5, 5.41) is 0. The maximum atomic E-state index is 5.82. The lowest BCUT2D eigenvalue weighted by Gasteiger charge is -2.34. The fraction of sp³-hybridized carbons (Fsp3) is 0.619. The van der Waals surface area contributed by atoms with Gasteiger partial charge in [-0.3, -0.25) is 0 Å². The Hall–Kier alpha value is -1.52. The maximum absolute atomic E-state index is 5.82. The lowest BCUT2D eigenvalue weighted by molar-refractivity contribution is 0.172. The van der Waals surface area contributed by atoms with Crippen LogP contribution in [0.25, 0.3) is 0 Å². The van der Waals surface area contributed by atoms with Gasteiger partial charge < -0.3 is 18.9 Å². The van der Waals surface area contributed by atoms with Gasteiger partial charge in [-0.2, -0.15) is 0 Å². The van der Waals surface area contributed by atoms with Crippen molar-refractivity contribution in [1.82, 2.24) is 0 Å². The van der Waals surface area contributed by atoms with Crippen molar-refractivity contribution in [2.75, 3.05) is 26.4 Å². The fourth-order valence-electron chi connectivity index (χ4n) is 3.45. The summed E-state index contributed by atoms with van der Waals surface area (Å²) in [6.07, 6.45) is 13.6. The van der Waals surface area contributed by atoms with E-state index in [9.17, 15) is 0 Å². The molecule has 0 bridgehead atoms. The first-order chi connectivity index (χ1) is 12.1.